The molecule has 2 heterocycles. The lowest BCUT2D eigenvalue weighted by Gasteiger charge is -2.14. The minimum atomic E-state index is -3.27. The van der Waals surface area contributed by atoms with Crippen molar-refractivity contribution in [2.24, 2.45) is 5.92 Å². The molecule has 0 radical (unpaired) electrons. The Labute approximate surface area is 119 Å². The molecule has 0 amide bonds. The molecule has 108 valence electrons. The molecule has 1 fully saturated rings. The first kappa shape index (κ1) is 15.0. The summed E-state index contributed by atoms with van der Waals surface area (Å²) in [6.45, 7) is 7.24. The van der Waals surface area contributed by atoms with E-state index in [0.717, 1.165) is 30.8 Å². The smallest absolute Gasteiger partial charge is 0.243 e. The molecule has 0 saturated carbocycles. The molecule has 4 nitrogen and oxygen atoms in total. The Morgan fingerprint density at radius 3 is 2.95 bits per heavy atom. The van der Waals surface area contributed by atoms with Crippen molar-refractivity contribution in [2.45, 2.75) is 38.1 Å². The SMILES string of the molecule is CCCNCc1cc(S(=O)(=O)N2CCC(C)C2)cs1. The molecule has 19 heavy (non-hydrogen) atoms. The van der Waals surface area contributed by atoms with Crippen LogP contribution in [0.1, 0.15) is 31.6 Å². The molecule has 1 aromatic heterocycles. The van der Waals surface area contributed by atoms with E-state index in [1.54, 1.807) is 9.69 Å². The second kappa shape index (κ2) is 6.35. The molecule has 0 spiro atoms. The van der Waals surface area contributed by atoms with Gasteiger partial charge < -0.3 is 5.32 Å². The van der Waals surface area contributed by atoms with Gasteiger partial charge >= 0.3 is 0 Å². The standard InChI is InChI=1S/C13H22N2O2S2/c1-3-5-14-8-12-7-13(10-18-12)19(16,17)15-6-4-11(2)9-15/h7,10-11,14H,3-6,8-9H2,1-2H3. The Kier molecular flexibility index (Phi) is 5.00. The third-order valence-electron chi connectivity index (χ3n) is 3.38. The highest BCUT2D eigenvalue weighted by Crippen LogP contribution is 2.27. The Hall–Kier alpha value is -0.430. The Morgan fingerprint density at radius 1 is 1.53 bits per heavy atom. The van der Waals surface area contributed by atoms with E-state index in [4.69, 9.17) is 0 Å². The topological polar surface area (TPSA) is 49.4 Å². The van der Waals surface area contributed by atoms with Crippen LogP contribution >= 0.6 is 11.3 Å². The van der Waals surface area contributed by atoms with E-state index in [9.17, 15) is 8.42 Å². The fourth-order valence-corrected chi connectivity index (χ4v) is 5.05. The summed E-state index contributed by atoms with van der Waals surface area (Å²) in [5.41, 5.74) is 0. The van der Waals surface area contributed by atoms with Gasteiger partial charge in [0.05, 0.1) is 4.90 Å². The molecule has 1 atom stereocenters. The lowest BCUT2D eigenvalue weighted by molar-refractivity contribution is 0.464. The van der Waals surface area contributed by atoms with Crippen LogP contribution in [-0.4, -0.2) is 32.4 Å². The van der Waals surface area contributed by atoms with Crippen LogP contribution in [0.3, 0.4) is 0 Å². The maximum Gasteiger partial charge on any atom is 0.243 e. The minimum Gasteiger partial charge on any atom is -0.312 e. The molecule has 0 aliphatic carbocycles. The molecule has 6 heteroatoms. The highest BCUT2D eigenvalue weighted by molar-refractivity contribution is 7.89. The van der Waals surface area contributed by atoms with Crippen molar-refractivity contribution in [3.63, 3.8) is 0 Å². The molecule has 1 saturated heterocycles. The van der Waals surface area contributed by atoms with Gasteiger partial charge in [-0.25, -0.2) is 8.42 Å². The van der Waals surface area contributed by atoms with Crippen LogP contribution in [-0.2, 0) is 16.6 Å². The van der Waals surface area contributed by atoms with Gasteiger partial charge in [-0.2, -0.15) is 4.31 Å². The second-order valence-corrected chi connectivity index (χ2v) is 8.12. The molecular formula is C13H22N2O2S2. The number of hydrogen-bond acceptors (Lipinski definition) is 4. The van der Waals surface area contributed by atoms with Gasteiger partial charge in [0.25, 0.3) is 0 Å². The average molecular weight is 302 g/mol. The van der Waals surface area contributed by atoms with Gasteiger partial charge in [0.1, 0.15) is 0 Å². The minimum absolute atomic E-state index is 0.458. The second-order valence-electron chi connectivity index (χ2n) is 5.18. The maximum atomic E-state index is 12.4. The summed E-state index contributed by atoms with van der Waals surface area (Å²) in [5, 5.41) is 5.06. The third-order valence-corrected chi connectivity index (χ3v) is 6.31. The van der Waals surface area contributed by atoms with E-state index in [1.807, 2.05) is 6.07 Å². The van der Waals surface area contributed by atoms with Crippen molar-refractivity contribution >= 4 is 21.4 Å². The normalized spacial score (nSPS) is 21.1. The Balaban J connectivity index is 2.04. The zero-order chi connectivity index (χ0) is 13.9. The van der Waals surface area contributed by atoms with Crippen LogP contribution in [0.25, 0.3) is 0 Å². The van der Waals surface area contributed by atoms with Gasteiger partial charge in [0, 0.05) is 29.9 Å². The molecule has 1 aliphatic rings. The van der Waals surface area contributed by atoms with Crippen molar-refractivity contribution in [3.05, 3.63) is 16.3 Å². The number of rotatable bonds is 6. The number of sulfonamides is 1. The van der Waals surface area contributed by atoms with Gasteiger partial charge in [-0.15, -0.1) is 11.3 Å². The lowest BCUT2D eigenvalue weighted by Crippen LogP contribution is -2.28. The van der Waals surface area contributed by atoms with Crippen LogP contribution in [0, 0.1) is 5.92 Å². The predicted octanol–water partition coefficient (Wildman–Crippen LogP) is 2.28. The monoisotopic (exact) mass is 302 g/mol. The van der Waals surface area contributed by atoms with Crippen LogP contribution < -0.4 is 5.32 Å². The van der Waals surface area contributed by atoms with Crippen LogP contribution in [0.5, 0.6) is 0 Å². The molecule has 0 bridgehead atoms. The molecule has 2 rings (SSSR count). The van der Waals surface area contributed by atoms with Crippen LogP contribution in [0.15, 0.2) is 16.3 Å². The summed E-state index contributed by atoms with van der Waals surface area (Å²) in [6.07, 6.45) is 2.05. The van der Waals surface area contributed by atoms with Gasteiger partial charge in [0.15, 0.2) is 0 Å². The summed E-state index contributed by atoms with van der Waals surface area (Å²) in [5.74, 6) is 0.471. The predicted molar refractivity (Wildman–Crippen MR) is 78.9 cm³/mol. The lowest BCUT2D eigenvalue weighted by atomic mass is 10.2. The number of nitrogens with one attached hydrogen (secondary N) is 1. The Bertz CT molecular complexity index is 510. The zero-order valence-corrected chi connectivity index (χ0v) is 13.2. The average Bonchev–Trinajstić information content (AvgIpc) is 2.99. The van der Waals surface area contributed by atoms with Gasteiger partial charge in [-0.1, -0.05) is 13.8 Å². The van der Waals surface area contributed by atoms with Crippen molar-refractivity contribution in [2.75, 3.05) is 19.6 Å². The molecule has 1 aromatic rings. The number of thiophene rings is 1. The number of nitrogens with zero attached hydrogens (tertiary/aromatic N) is 1. The summed E-state index contributed by atoms with van der Waals surface area (Å²) in [4.78, 5) is 1.54. The molecule has 1 unspecified atom stereocenters. The van der Waals surface area contributed by atoms with Crippen molar-refractivity contribution in [1.29, 1.82) is 0 Å². The first-order chi connectivity index (χ1) is 9.04. The van der Waals surface area contributed by atoms with Crippen molar-refractivity contribution < 1.29 is 8.42 Å². The first-order valence-electron chi connectivity index (χ1n) is 6.82. The van der Waals surface area contributed by atoms with Crippen molar-refractivity contribution in [1.82, 2.24) is 9.62 Å². The van der Waals surface area contributed by atoms with Crippen LogP contribution in [0.4, 0.5) is 0 Å². The maximum absolute atomic E-state index is 12.4. The van der Waals surface area contributed by atoms with Gasteiger partial charge in [-0.3, -0.25) is 0 Å². The first-order valence-corrected chi connectivity index (χ1v) is 9.14. The van der Waals surface area contributed by atoms with Crippen molar-refractivity contribution in [3.8, 4) is 0 Å². The van der Waals surface area contributed by atoms with E-state index in [0.29, 0.717) is 23.9 Å². The summed E-state index contributed by atoms with van der Waals surface area (Å²) in [6, 6.07) is 1.81. The fourth-order valence-electron chi connectivity index (χ4n) is 2.24. The quantitative estimate of drug-likeness (QED) is 0.820. The molecule has 1 N–H and O–H groups in total. The largest absolute Gasteiger partial charge is 0.312 e. The molecule has 1 aliphatic heterocycles. The molecular weight excluding hydrogens is 280 g/mol. The van der Waals surface area contributed by atoms with E-state index in [2.05, 4.69) is 19.2 Å². The highest BCUT2D eigenvalue weighted by Gasteiger charge is 2.31. The third kappa shape index (κ3) is 3.56. The molecule has 0 aromatic carbocycles. The zero-order valence-electron chi connectivity index (χ0n) is 11.6. The summed E-state index contributed by atoms with van der Waals surface area (Å²) in [7, 11) is -3.27. The Morgan fingerprint density at radius 2 is 2.32 bits per heavy atom. The van der Waals surface area contributed by atoms with E-state index < -0.39 is 10.0 Å². The highest BCUT2D eigenvalue weighted by atomic mass is 32.2. The summed E-state index contributed by atoms with van der Waals surface area (Å²) < 4.78 is 26.5. The van der Waals surface area contributed by atoms with E-state index in [1.165, 1.54) is 11.3 Å². The van der Waals surface area contributed by atoms with E-state index >= 15 is 0 Å². The van der Waals surface area contributed by atoms with Crippen LogP contribution in [0.2, 0.25) is 0 Å². The number of hydrogen-bond donors (Lipinski definition) is 1. The summed E-state index contributed by atoms with van der Waals surface area (Å²) >= 11 is 1.52. The van der Waals surface area contributed by atoms with Gasteiger partial charge in [-0.05, 0) is 31.4 Å². The van der Waals surface area contributed by atoms with Gasteiger partial charge in [0.2, 0.25) is 10.0 Å². The fraction of sp³-hybridized carbons (Fsp3) is 0.692. The van der Waals surface area contributed by atoms with E-state index in [-0.39, 0.29) is 0 Å².